The molecule has 5 rings (SSSR count). The third-order valence-electron chi connectivity index (χ3n) is 5.56. The average molecular weight is 488 g/mol. The van der Waals surface area contributed by atoms with Gasteiger partial charge in [-0.1, -0.05) is 42.5 Å². The van der Waals surface area contributed by atoms with Gasteiger partial charge in [0, 0.05) is 37.1 Å². The number of imidazole rings is 1. The summed E-state index contributed by atoms with van der Waals surface area (Å²) in [6.07, 6.45) is 3.63. The van der Waals surface area contributed by atoms with E-state index in [9.17, 15) is 4.79 Å². The topological polar surface area (TPSA) is 98.0 Å². The molecule has 2 aromatic heterocycles. The van der Waals surface area contributed by atoms with Crippen molar-refractivity contribution in [3.8, 4) is 22.6 Å². The van der Waals surface area contributed by atoms with Crippen LogP contribution in [0.1, 0.15) is 5.56 Å². The van der Waals surface area contributed by atoms with Crippen LogP contribution in [0, 0.1) is 0 Å². The van der Waals surface area contributed by atoms with Gasteiger partial charge in [0.25, 0.3) is 0 Å². The number of nitrogens with two attached hydrogens (primary N) is 1. The van der Waals surface area contributed by atoms with Gasteiger partial charge < -0.3 is 20.8 Å². The van der Waals surface area contributed by atoms with Crippen LogP contribution in [-0.4, -0.2) is 27.7 Å². The van der Waals surface area contributed by atoms with E-state index in [4.69, 9.17) is 10.5 Å². The lowest BCUT2D eigenvalue weighted by Crippen LogP contribution is -2.15. The number of aromatic amines is 1. The number of hydrogen-bond donors (Lipinski definition) is 3. The summed E-state index contributed by atoms with van der Waals surface area (Å²) in [5, 5.41) is 3.43. The zero-order chi connectivity index (χ0) is 23.3. The summed E-state index contributed by atoms with van der Waals surface area (Å²) in [6, 6.07) is 25.6. The third-order valence-corrected chi connectivity index (χ3v) is 5.56. The molecule has 8 heteroatoms. The molecule has 0 aliphatic heterocycles. The zero-order valence-corrected chi connectivity index (χ0v) is 19.8. The first kappa shape index (κ1) is 24.1. The Morgan fingerprint density at radius 2 is 1.80 bits per heavy atom. The smallest absolute Gasteiger partial charge is 0.331 e. The minimum absolute atomic E-state index is 0. The molecule has 7 nitrogen and oxygen atoms in total. The fourth-order valence-corrected chi connectivity index (χ4v) is 3.92. The van der Waals surface area contributed by atoms with E-state index in [1.54, 1.807) is 4.57 Å². The number of pyridine rings is 1. The first-order chi connectivity index (χ1) is 16.7. The van der Waals surface area contributed by atoms with Crippen molar-refractivity contribution in [1.82, 2.24) is 14.5 Å². The largest absolute Gasteiger partial charge is 0.492 e. The van der Waals surface area contributed by atoms with Crippen LogP contribution in [0.4, 0.5) is 5.69 Å². The summed E-state index contributed by atoms with van der Waals surface area (Å²) in [5.41, 5.74) is 11.6. The van der Waals surface area contributed by atoms with E-state index >= 15 is 0 Å². The summed E-state index contributed by atoms with van der Waals surface area (Å²) in [5.74, 6) is 0.668. The van der Waals surface area contributed by atoms with Crippen LogP contribution >= 0.6 is 12.4 Å². The molecule has 4 N–H and O–H groups in total. The Bertz CT molecular complexity index is 1480. The van der Waals surface area contributed by atoms with Crippen LogP contribution in [0.5, 0.6) is 5.75 Å². The Labute approximate surface area is 209 Å². The van der Waals surface area contributed by atoms with E-state index in [0.29, 0.717) is 25.4 Å². The summed E-state index contributed by atoms with van der Waals surface area (Å²) in [7, 11) is 0. The number of aromatic nitrogens is 3. The highest BCUT2D eigenvalue weighted by molar-refractivity contribution is 5.85. The van der Waals surface area contributed by atoms with Crippen molar-refractivity contribution in [2.45, 2.75) is 6.54 Å². The van der Waals surface area contributed by atoms with Gasteiger partial charge in [-0.25, -0.2) is 4.79 Å². The highest BCUT2D eigenvalue weighted by atomic mass is 35.5. The Morgan fingerprint density at radius 3 is 2.63 bits per heavy atom. The molecule has 0 fully saturated rings. The van der Waals surface area contributed by atoms with Crippen molar-refractivity contribution < 1.29 is 4.74 Å². The predicted octanol–water partition coefficient (Wildman–Crippen LogP) is 4.75. The molecule has 178 valence electrons. The van der Waals surface area contributed by atoms with Gasteiger partial charge in [-0.15, -0.1) is 12.4 Å². The van der Waals surface area contributed by atoms with Crippen LogP contribution in [0.25, 0.3) is 27.8 Å². The van der Waals surface area contributed by atoms with Crippen LogP contribution in [0.15, 0.2) is 96.1 Å². The number of nitrogens with zero attached hydrogens (tertiary/aromatic N) is 2. The molecule has 0 amide bonds. The number of halogens is 1. The molecule has 0 saturated carbocycles. The molecule has 0 aliphatic carbocycles. The SMILES string of the molecule is Cl.NCCOc1cccc(-n2c(=O)[nH]c3ccc(-c4cncc(NCc5ccccc5)c4)cc32)c1. The number of ether oxygens (including phenoxy) is 1. The average Bonchev–Trinajstić information content (AvgIpc) is 3.22. The van der Waals surface area contributed by atoms with E-state index in [0.717, 1.165) is 33.5 Å². The minimum Gasteiger partial charge on any atom is -0.492 e. The first-order valence-corrected chi connectivity index (χ1v) is 11.1. The summed E-state index contributed by atoms with van der Waals surface area (Å²) in [4.78, 5) is 20.2. The normalized spacial score (nSPS) is 10.7. The van der Waals surface area contributed by atoms with Gasteiger partial charge in [-0.05, 0) is 41.5 Å². The maximum absolute atomic E-state index is 12.8. The number of rotatable bonds is 8. The predicted molar refractivity (Wildman–Crippen MR) is 143 cm³/mol. The molecule has 35 heavy (non-hydrogen) atoms. The second-order valence-electron chi connectivity index (χ2n) is 7.93. The first-order valence-electron chi connectivity index (χ1n) is 11.1. The van der Waals surface area contributed by atoms with Gasteiger partial charge >= 0.3 is 5.69 Å². The van der Waals surface area contributed by atoms with Crippen LogP contribution in [-0.2, 0) is 6.54 Å². The molecule has 0 unspecified atom stereocenters. The molecule has 5 aromatic rings. The summed E-state index contributed by atoms with van der Waals surface area (Å²) < 4.78 is 7.29. The molecule has 3 aromatic carbocycles. The van der Waals surface area contributed by atoms with Crippen LogP contribution < -0.4 is 21.5 Å². The lowest BCUT2D eigenvalue weighted by atomic mass is 10.1. The van der Waals surface area contributed by atoms with Crippen molar-refractivity contribution in [2.75, 3.05) is 18.5 Å². The monoisotopic (exact) mass is 487 g/mol. The Morgan fingerprint density at radius 1 is 0.943 bits per heavy atom. The number of nitrogens with one attached hydrogen (secondary N) is 2. The standard InChI is InChI=1S/C27H25N5O2.ClH/c28-11-12-34-24-8-4-7-23(15-24)32-26-14-20(9-10-25(26)31-27(32)33)21-13-22(18-29-17-21)30-16-19-5-2-1-3-6-19;/h1-10,13-15,17-18,30H,11-12,16,28H2,(H,31,33);1H. The number of fused-ring (bicyclic) bond motifs is 1. The van der Waals surface area contributed by atoms with E-state index in [1.165, 1.54) is 5.56 Å². The number of anilines is 1. The van der Waals surface area contributed by atoms with Gasteiger partial charge in [0.1, 0.15) is 12.4 Å². The van der Waals surface area contributed by atoms with Crippen molar-refractivity contribution in [2.24, 2.45) is 5.73 Å². The van der Waals surface area contributed by atoms with Crippen molar-refractivity contribution in [1.29, 1.82) is 0 Å². The Hall–Kier alpha value is -4.07. The van der Waals surface area contributed by atoms with Gasteiger partial charge in [-0.3, -0.25) is 9.55 Å². The van der Waals surface area contributed by atoms with Crippen LogP contribution in [0.3, 0.4) is 0 Å². The Kier molecular flexibility index (Phi) is 7.50. The quantitative estimate of drug-likeness (QED) is 0.293. The molecular formula is C27H26ClN5O2. The number of hydrogen-bond acceptors (Lipinski definition) is 5. The maximum atomic E-state index is 12.8. The van der Waals surface area contributed by atoms with Gasteiger partial charge in [0.05, 0.1) is 22.4 Å². The van der Waals surface area contributed by atoms with Crippen molar-refractivity contribution >= 4 is 29.1 Å². The Balaban J connectivity index is 0.00000289. The van der Waals surface area contributed by atoms with E-state index in [1.807, 2.05) is 73.1 Å². The molecule has 0 saturated heterocycles. The lowest BCUT2D eigenvalue weighted by molar-refractivity contribution is 0.328. The van der Waals surface area contributed by atoms with E-state index in [2.05, 4.69) is 33.5 Å². The number of H-pyrrole nitrogens is 1. The minimum atomic E-state index is -0.209. The van der Waals surface area contributed by atoms with Gasteiger partial charge in [0.2, 0.25) is 0 Å². The maximum Gasteiger partial charge on any atom is 0.331 e. The molecule has 0 spiro atoms. The zero-order valence-electron chi connectivity index (χ0n) is 19.0. The fraction of sp³-hybridized carbons (Fsp3) is 0.111. The van der Waals surface area contributed by atoms with Crippen molar-refractivity contribution in [3.05, 3.63) is 107 Å². The molecule has 0 bridgehead atoms. The summed E-state index contributed by atoms with van der Waals surface area (Å²) in [6.45, 7) is 1.55. The molecule has 0 radical (unpaired) electrons. The third kappa shape index (κ3) is 5.37. The van der Waals surface area contributed by atoms with Crippen LogP contribution in [0.2, 0.25) is 0 Å². The molecular weight excluding hydrogens is 462 g/mol. The second-order valence-corrected chi connectivity index (χ2v) is 7.93. The number of benzene rings is 3. The van der Waals surface area contributed by atoms with Gasteiger partial charge in [0.15, 0.2) is 0 Å². The molecule has 0 atom stereocenters. The van der Waals surface area contributed by atoms with E-state index in [-0.39, 0.29) is 18.1 Å². The summed E-state index contributed by atoms with van der Waals surface area (Å²) >= 11 is 0. The fourth-order valence-electron chi connectivity index (χ4n) is 3.92. The molecule has 2 heterocycles. The highest BCUT2D eigenvalue weighted by Gasteiger charge is 2.12. The highest BCUT2D eigenvalue weighted by Crippen LogP contribution is 2.27. The lowest BCUT2D eigenvalue weighted by Gasteiger charge is -2.10. The van der Waals surface area contributed by atoms with E-state index < -0.39 is 0 Å². The van der Waals surface area contributed by atoms with Crippen molar-refractivity contribution in [3.63, 3.8) is 0 Å². The van der Waals surface area contributed by atoms with Gasteiger partial charge in [-0.2, -0.15) is 0 Å². The molecule has 0 aliphatic rings. The second kappa shape index (κ2) is 10.9.